The molecule has 3 saturated carbocycles. The molecule has 0 aromatic heterocycles. The van der Waals surface area contributed by atoms with E-state index in [9.17, 15) is 29.1 Å². The molecule has 0 aromatic carbocycles. The van der Waals surface area contributed by atoms with Crippen molar-refractivity contribution < 1.29 is 43.3 Å². The van der Waals surface area contributed by atoms with Gasteiger partial charge in [-0.2, -0.15) is 0 Å². The maximum Gasteiger partial charge on any atom is 0.358 e. The standard InChI is InChI=1S/C28H38O9/c1-13-10-16-26(6)15(24(3,4)17(30)12-18(26)31)11-19(36-14(2)29)27(16,7)20-21(32)37-28(8,23(34)35-9)22(33)25(13,20)5/h15-16,18-20,31H,1,10-12H2,2-9H3/t15-,16+,18+,19-,20+,25-,26+,27+,28+/m0/s1. The number of fused-ring (bicyclic) bond motifs is 5. The molecule has 9 nitrogen and oxygen atoms in total. The molecule has 4 rings (SSSR count). The van der Waals surface area contributed by atoms with E-state index in [1.807, 2.05) is 20.8 Å². The molecule has 0 unspecified atom stereocenters. The average molecular weight is 519 g/mol. The maximum absolute atomic E-state index is 14.0. The molecular formula is C28H38O9. The van der Waals surface area contributed by atoms with Gasteiger partial charge in [-0.15, -0.1) is 0 Å². The molecule has 3 aliphatic carbocycles. The molecule has 4 fully saturated rings. The van der Waals surface area contributed by atoms with Crippen molar-refractivity contribution in [2.24, 2.45) is 39.4 Å². The first kappa shape index (κ1) is 27.5. The Morgan fingerprint density at radius 2 is 1.59 bits per heavy atom. The number of rotatable bonds is 2. The SMILES string of the molecule is C=C1C[C@H]2[C@](C)([C@@H](OC(C)=O)C[C@H]3C(C)(C)C(=O)C[C@@H](O)[C@@]23C)[C@@H]2C(=O)O[C@@](C)(C(=O)OC)C(=O)[C@@]12C. The zero-order valence-corrected chi connectivity index (χ0v) is 22.9. The molecule has 9 heteroatoms. The van der Waals surface area contributed by atoms with Gasteiger partial charge in [0.15, 0.2) is 5.78 Å². The molecule has 1 saturated heterocycles. The van der Waals surface area contributed by atoms with Crippen molar-refractivity contribution in [2.75, 3.05) is 7.11 Å². The fraction of sp³-hybridized carbons (Fsp3) is 0.750. The quantitative estimate of drug-likeness (QED) is 0.253. The second-order valence-corrected chi connectivity index (χ2v) is 12.8. The van der Waals surface area contributed by atoms with Gasteiger partial charge >= 0.3 is 17.9 Å². The summed E-state index contributed by atoms with van der Waals surface area (Å²) >= 11 is 0. The Kier molecular flexibility index (Phi) is 5.93. The van der Waals surface area contributed by atoms with E-state index in [1.165, 1.54) is 13.8 Å². The smallest absolute Gasteiger partial charge is 0.358 e. The molecule has 37 heavy (non-hydrogen) atoms. The fourth-order valence-corrected chi connectivity index (χ4v) is 8.65. The highest BCUT2D eigenvalue weighted by Crippen LogP contribution is 2.72. The Bertz CT molecular complexity index is 1120. The lowest BCUT2D eigenvalue weighted by molar-refractivity contribution is -0.263. The number of esters is 3. The molecule has 1 N–H and O–H groups in total. The fourth-order valence-electron chi connectivity index (χ4n) is 8.65. The van der Waals surface area contributed by atoms with Crippen LogP contribution < -0.4 is 0 Å². The highest BCUT2D eigenvalue weighted by atomic mass is 16.6. The summed E-state index contributed by atoms with van der Waals surface area (Å²) in [4.78, 5) is 66.0. The van der Waals surface area contributed by atoms with Crippen molar-refractivity contribution in [3.8, 4) is 0 Å². The number of allylic oxidation sites excluding steroid dienone is 1. The van der Waals surface area contributed by atoms with E-state index in [0.717, 1.165) is 7.11 Å². The lowest BCUT2D eigenvalue weighted by Gasteiger charge is -2.70. The van der Waals surface area contributed by atoms with Crippen LogP contribution in [0.4, 0.5) is 0 Å². The molecule has 0 bridgehead atoms. The van der Waals surface area contributed by atoms with Gasteiger partial charge in [0.05, 0.1) is 24.5 Å². The Hall–Kier alpha value is -2.55. The number of carbonyl (C=O) groups excluding carboxylic acids is 5. The van der Waals surface area contributed by atoms with Crippen LogP contribution in [0.3, 0.4) is 0 Å². The number of cyclic esters (lactones) is 1. The Balaban J connectivity index is 1.97. The van der Waals surface area contributed by atoms with Crippen LogP contribution in [0.25, 0.3) is 0 Å². The third-order valence-corrected chi connectivity index (χ3v) is 10.8. The van der Waals surface area contributed by atoms with Crippen molar-refractivity contribution in [3.63, 3.8) is 0 Å². The predicted molar refractivity (Wildman–Crippen MR) is 130 cm³/mol. The Labute approximate surface area is 217 Å². The minimum atomic E-state index is -2.15. The van der Waals surface area contributed by atoms with Gasteiger partial charge in [0.2, 0.25) is 0 Å². The van der Waals surface area contributed by atoms with Gasteiger partial charge in [0.1, 0.15) is 11.9 Å². The van der Waals surface area contributed by atoms with Gasteiger partial charge < -0.3 is 19.3 Å². The molecule has 0 aromatic rings. The minimum absolute atomic E-state index is 0.0387. The summed E-state index contributed by atoms with van der Waals surface area (Å²) < 4.78 is 16.3. The number of ether oxygens (including phenoxy) is 3. The number of ketones is 2. The van der Waals surface area contributed by atoms with Gasteiger partial charge in [-0.25, -0.2) is 4.79 Å². The highest BCUT2D eigenvalue weighted by molar-refractivity contribution is 6.15. The van der Waals surface area contributed by atoms with Gasteiger partial charge in [-0.3, -0.25) is 19.2 Å². The largest absolute Gasteiger partial charge is 0.466 e. The van der Waals surface area contributed by atoms with E-state index in [1.54, 1.807) is 13.8 Å². The molecule has 1 aliphatic heterocycles. The number of carbonyl (C=O) groups is 5. The molecule has 4 aliphatic rings. The second kappa shape index (κ2) is 7.98. The molecular weight excluding hydrogens is 480 g/mol. The van der Waals surface area contributed by atoms with Gasteiger partial charge in [-0.05, 0) is 38.5 Å². The van der Waals surface area contributed by atoms with Crippen molar-refractivity contribution >= 4 is 29.5 Å². The number of Topliss-reactive ketones (excluding diaryl/α,β-unsaturated/α-hetero) is 2. The second-order valence-electron chi connectivity index (χ2n) is 12.8. The average Bonchev–Trinajstić information content (AvgIpc) is 2.79. The van der Waals surface area contributed by atoms with Crippen LogP contribution in [0.1, 0.15) is 67.7 Å². The summed E-state index contributed by atoms with van der Waals surface area (Å²) in [5.41, 5.74) is -6.09. The normalized spacial score (nSPS) is 46.7. The molecule has 0 spiro atoms. The van der Waals surface area contributed by atoms with Crippen molar-refractivity contribution in [3.05, 3.63) is 12.2 Å². The number of methoxy groups -OCH3 is 1. The summed E-state index contributed by atoms with van der Waals surface area (Å²) in [6.07, 6.45) is -1.46. The lowest BCUT2D eigenvalue weighted by Crippen LogP contribution is -2.75. The maximum atomic E-state index is 14.0. The van der Waals surface area contributed by atoms with E-state index in [2.05, 4.69) is 6.58 Å². The lowest BCUT2D eigenvalue weighted by atomic mass is 9.34. The first-order valence-corrected chi connectivity index (χ1v) is 12.8. The van der Waals surface area contributed by atoms with Crippen LogP contribution in [0, 0.1) is 39.4 Å². The van der Waals surface area contributed by atoms with Crippen LogP contribution in [0.2, 0.25) is 0 Å². The molecule has 0 radical (unpaired) electrons. The number of hydrogen-bond acceptors (Lipinski definition) is 9. The summed E-state index contributed by atoms with van der Waals surface area (Å²) in [5.74, 6) is -5.06. The highest BCUT2D eigenvalue weighted by Gasteiger charge is 2.77. The molecule has 9 atom stereocenters. The summed E-state index contributed by atoms with van der Waals surface area (Å²) in [6.45, 7) is 15.7. The number of aliphatic hydroxyl groups excluding tert-OH is 1. The van der Waals surface area contributed by atoms with Crippen LogP contribution >= 0.6 is 0 Å². The zero-order chi connectivity index (χ0) is 28.1. The summed E-state index contributed by atoms with van der Waals surface area (Å²) in [5, 5.41) is 11.4. The topological polar surface area (TPSA) is 133 Å². The molecule has 204 valence electrons. The van der Waals surface area contributed by atoms with Gasteiger partial charge in [0, 0.05) is 29.6 Å². The summed E-state index contributed by atoms with van der Waals surface area (Å²) in [7, 11) is 1.11. The number of aliphatic hydroxyl groups is 1. The van der Waals surface area contributed by atoms with E-state index in [4.69, 9.17) is 14.2 Å². The zero-order valence-electron chi connectivity index (χ0n) is 22.9. The first-order chi connectivity index (χ1) is 16.8. The minimum Gasteiger partial charge on any atom is -0.466 e. The third-order valence-electron chi connectivity index (χ3n) is 10.8. The van der Waals surface area contributed by atoms with Crippen LogP contribution in [0.5, 0.6) is 0 Å². The van der Waals surface area contributed by atoms with E-state index < -0.39 is 75.0 Å². The van der Waals surface area contributed by atoms with E-state index in [0.29, 0.717) is 5.57 Å². The third kappa shape index (κ3) is 3.15. The molecule has 1 heterocycles. The van der Waals surface area contributed by atoms with Crippen molar-refractivity contribution in [2.45, 2.75) is 85.5 Å². The van der Waals surface area contributed by atoms with E-state index >= 15 is 0 Å². The predicted octanol–water partition coefficient (Wildman–Crippen LogP) is 2.57. The molecule has 0 amide bonds. The van der Waals surface area contributed by atoms with E-state index in [-0.39, 0.29) is 31.0 Å². The van der Waals surface area contributed by atoms with Crippen molar-refractivity contribution in [1.82, 2.24) is 0 Å². The Morgan fingerprint density at radius 1 is 1.00 bits per heavy atom. The van der Waals surface area contributed by atoms with Crippen LogP contribution in [-0.2, 0) is 38.2 Å². The van der Waals surface area contributed by atoms with Gasteiger partial charge in [0.25, 0.3) is 5.60 Å². The van der Waals surface area contributed by atoms with Crippen LogP contribution in [0.15, 0.2) is 12.2 Å². The monoisotopic (exact) mass is 518 g/mol. The van der Waals surface area contributed by atoms with Crippen LogP contribution in [-0.4, -0.2) is 59.5 Å². The first-order valence-electron chi connectivity index (χ1n) is 12.8. The summed E-state index contributed by atoms with van der Waals surface area (Å²) in [6, 6.07) is 0. The Morgan fingerprint density at radius 3 is 2.14 bits per heavy atom. The number of hydrogen-bond donors (Lipinski definition) is 1. The van der Waals surface area contributed by atoms with Crippen molar-refractivity contribution in [1.29, 1.82) is 0 Å². The van der Waals surface area contributed by atoms with Gasteiger partial charge in [-0.1, -0.05) is 39.8 Å².